The third kappa shape index (κ3) is 3.19. The quantitative estimate of drug-likeness (QED) is 0.276. The van der Waals surface area contributed by atoms with E-state index in [9.17, 15) is 19.2 Å². The van der Waals surface area contributed by atoms with Crippen LogP contribution in [-0.2, 0) is 19.2 Å². The van der Waals surface area contributed by atoms with E-state index in [1.807, 2.05) is 0 Å². The van der Waals surface area contributed by atoms with Gasteiger partial charge in [-0.15, -0.1) is 0 Å². The molecule has 4 N–H and O–H groups in total. The van der Waals surface area contributed by atoms with Crippen molar-refractivity contribution in [3.05, 3.63) is 0 Å². The SMILES string of the molecule is O=C1CCCCN1.O=C1CN1.O=C1NC12NC2=O. The summed E-state index contributed by atoms with van der Waals surface area (Å²) in [5.74, 6) is -0.0127. The highest BCUT2D eigenvalue weighted by Gasteiger charge is 2.73. The number of carbonyl (C=O) groups excluding carboxylic acids is 4. The van der Waals surface area contributed by atoms with Crippen LogP contribution in [0.1, 0.15) is 19.3 Å². The molecular formula is C10H14N4O4. The molecule has 0 saturated carbocycles. The summed E-state index contributed by atoms with van der Waals surface area (Å²) < 4.78 is 0. The summed E-state index contributed by atoms with van der Waals surface area (Å²) in [4.78, 5) is 40.0. The van der Waals surface area contributed by atoms with Gasteiger partial charge in [0, 0.05) is 13.0 Å². The predicted molar refractivity (Wildman–Crippen MR) is 58.9 cm³/mol. The normalized spacial score (nSPS) is 24.0. The fourth-order valence-electron chi connectivity index (χ4n) is 1.29. The summed E-state index contributed by atoms with van der Waals surface area (Å²) in [6.45, 7) is 1.48. The summed E-state index contributed by atoms with van der Waals surface area (Å²) in [5.41, 5.74) is -0.861. The number of nitrogens with one attached hydrogen (secondary N) is 4. The average molecular weight is 254 g/mol. The first-order valence-electron chi connectivity index (χ1n) is 5.73. The Hall–Kier alpha value is -2.12. The molecule has 8 heteroatoms. The third-order valence-electron chi connectivity index (χ3n) is 2.63. The van der Waals surface area contributed by atoms with Crippen molar-refractivity contribution in [3.8, 4) is 0 Å². The molecule has 0 bridgehead atoms. The molecule has 0 aromatic rings. The van der Waals surface area contributed by atoms with Gasteiger partial charge in [-0.05, 0) is 12.8 Å². The lowest BCUT2D eigenvalue weighted by Crippen LogP contribution is -2.28. The van der Waals surface area contributed by atoms with Crippen LogP contribution in [0.15, 0.2) is 0 Å². The number of rotatable bonds is 0. The van der Waals surface area contributed by atoms with Crippen LogP contribution < -0.4 is 21.3 Å². The molecule has 98 valence electrons. The van der Waals surface area contributed by atoms with Crippen LogP contribution in [0.3, 0.4) is 0 Å². The summed E-state index contributed by atoms with van der Waals surface area (Å²) in [6.07, 6.45) is 2.97. The molecule has 4 heterocycles. The molecule has 0 aromatic heterocycles. The van der Waals surface area contributed by atoms with E-state index in [1.165, 1.54) is 0 Å². The lowest BCUT2D eigenvalue weighted by Gasteiger charge is -2.08. The van der Waals surface area contributed by atoms with Gasteiger partial charge in [-0.25, -0.2) is 0 Å². The fraction of sp³-hybridized carbons (Fsp3) is 0.600. The van der Waals surface area contributed by atoms with Crippen molar-refractivity contribution in [1.82, 2.24) is 21.3 Å². The van der Waals surface area contributed by atoms with E-state index < -0.39 is 5.66 Å². The molecule has 4 aliphatic heterocycles. The standard InChI is InChI=1S/C5H9NO.C3H2N2O2.C2H3NO/c7-5-3-1-2-4-6-5;6-1-3(4-1)2(7)5-3;4-2-1-3-2/h1-4H2,(H,6,7);(H,4,6)(H,5,7);1H2,(H,3,4). The number of hydrogen-bond donors (Lipinski definition) is 4. The minimum atomic E-state index is -0.861. The monoisotopic (exact) mass is 254 g/mol. The Kier molecular flexibility index (Phi) is 3.17. The second-order valence-electron chi connectivity index (χ2n) is 4.24. The van der Waals surface area contributed by atoms with Crippen molar-refractivity contribution < 1.29 is 19.2 Å². The van der Waals surface area contributed by atoms with E-state index in [0.717, 1.165) is 25.8 Å². The van der Waals surface area contributed by atoms with Crippen molar-refractivity contribution >= 4 is 23.6 Å². The highest BCUT2D eigenvalue weighted by molar-refractivity contribution is 6.32. The van der Waals surface area contributed by atoms with Gasteiger partial charge in [-0.2, -0.15) is 0 Å². The lowest BCUT2D eigenvalue weighted by atomic mass is 10.2. The Bertz CT molecular complexity index is 386. The molecule has 1 spiro atoms. The maximum atomic E-state index is 10.4. The van der Waals surface area contributed by atoms with E-state index in [0.29, 0.717) is 6.54 Å². The maximum Gasteiger partial charge on any atom is 0.279 e. The highest BCUT2D eigenvalue weighted by atomic mass is 16.2. The van der Waals surface area contributed by atoms with Crippen LogP contribution in [-0.4, -0.2) is 42.4 Å². The smallest absolute Gasteiger partial charge is 0.279 e. The van der Waals surface area contributed by atoms with Crippen molar-refractivity contribution in [2.75, 3.05) is 13.1 Å². The third-order valence-corrected chi connectivity index (χ3v) is 2.63. The molecule has 0 aliphatic carbocycles. The molecule has 18 heavy (non-hydrogen) atoms. The molecule has 0 radical (unpaired) electrons. The zero-order valence-electron chi connectivity index (χ0n) is 9.67. The topological polar surface area (TPSA) is 146 Å². The second kappa shape index (κ2) is 4.63. The lowest BCUT2D eigenvalue weighted by molar-refractivity contribution is -0.122. The van der Waals surface area contributed by atoms with Gasteiger partial charge < -0.3 is 21.3 Å². The average Bonchev–Trinajstić information content (AvgIpc) is 3.25. The van der Waals surface area contributed by atoms with E-state index in [4.69, 9.17) is 0 Å². The first kappa shape index (κ1) is 12.3. The van der Waals surface area contributed by atoms with Crippen LogP contribution in [0.4, 0.5) is 0 Å². The van der Waals surface area contributed by atoms with Crippen LogP contribution in [0, 0.1) is 0 Å². The highest BCUT2D eigenvalue weighted by Crippen LogP contribution is 2.26. The van der Waals surface area contributed by atoms with Gasteiger partial charge in [0.2, 0.25) is 11.8 Å². The van der Waals surface area contributed by atoms with E-state index in [2.05, 4.69) is 21.3 Å². The Labute approximate surface area is 103 Å². The minimum absolute atomic E-state index is 0.167. The zero-order chi connectivity index (χ0) is 13.2. The van der Waals surface area contributed by atoms with Crippen LogP contribution in [0.25, 0.3) is 0 Å². The molecule has 4 aliphatic rings. The molecule has 4 amide bonds. The summed E-state index contributed by atoms with van der Waals surface area (Å²) in [5, 5.41) is 9.87. The molecule has 0 unspecified atom stereocenters. The zero-order valence-corrected chi connectivity index (χ0v) is 9.67. The molecular weight excluding hydrogens is 240 g/mol. The summed E-state index contributed by atoms with van der Waals surface area (Å²) in [6, 6.07) is 0. The van der Waals surface area contributed by atoms with Crippen molar-refractivity contribution in [2.24, 2.45) is 0 Å². The van der Waals surface area contributed by atoms with Crippen LogP contribution in [0.2, 0.25) is 0 Å². The molecule has 4 rings (SSSR count). The van der Waals surface area contributed by atoms with Gasteiger partial charge in [0.15, 0.2) is 0 Å². The van der Waals surface area contributed by atoms with Gasteiger partial charge in [-0.3, -0.25) is 19.2 Å². The maximum absolute atomic E-state index is 10.4. The van der Waals surface area contributed by atoms with E-state index >= 15 is 0 Å². The molecule has 4 fully saturated rings. The first-order valence-corrected chi connectivity index (χ1v) is 5.73. The molecule has 8 nitrogen and oxygen atoms in total. The van der Waals surface area contributed by atoms with Gasteiger partial charge in [-0.1, -0.05) is 0 Å². The number of amides is 4. The van der Waals surface area contributed by atoms with Gasteiger partial charge in [0.1, 0.15) is 0 Å². The Morgan fingerprint density at radius 2 is 1.33 bits per heavy atom. The van der Waals surface area contributed by atoms with E-state index in [-0.39, 0.29) is 23.6 Å². The number of carbonyl (C=O) groups is 4. The Morgan fingerprint density at radius 1 is 0.833 bits per heavy atom. The number of hydrogen-bond acceptors (Lipinski definition) is 4. The van der Waals surface area contributed by atoms with E-state index in [1.54, 1.807) is 0 Å². The molecule has 4 saturated heterocycles. The second-order valence-corrected chi connectivity index (χ2v) is 4.24. The largest absolute Gasteiger partial charge is 0.356 e. The van der Waals surface area contributed by atoms with Crippen molar-refractivity contribution in [1.29, 1.82) is 0 Å². The number of piperidine rings is 1. The first-order chi connectivity index (χ1) is 8.54. The van der Waals surface area contributed by atoms with Crippen molar-refractivity contribution in [2.45, 2.75) is 24.9 Å². The van der Waals surface area contributed by atoms with Gasteiger partial charge >= 0.3 is 0 Å². The van der Waals surface area contributed by atoms with Gasteiger partial charge in [0.05, 0.1) is 6.54 Å². The fourth-order valence-corrected chi connectivity index (χ4v) is 1.29. The summed E-state index contributed by atoms with van der Waals surface area (Å²) in [7, 11) is 0. The minimum Gasteiger partial charge on any atom is -0.356 e. The predicted octanol–water partition coefficient (Wildman–Crippen LogP) is -2.65. The summed E-state index contributed by atoms with van der Waals surface area (Å²) >= 11 is 0. The Balaban J connectivity index is 0.000000104. The van der Waals surface area contributed by atoms with Gasteiger partial charge in [0.25, 0.3) is 17.5 Å². The molecule has 0 aromatic carbocycles. The Morgan fingerprint density at radius 3 is 1.44 bits per heavy atom. The van der Waals surface area contributed by atoms with Crippen molar-refractivity contribution in [3.63, 3.8) is 0 Å². The van der Waals surface area contributed by atoms with Crippen LogP contribution in [0.5, 0.6) is 0 Å². The van der Waals surface area contributed by atoms with Crippen LogP contribution >= 0.6 is 0 Å². The molecule has 0 atom stereocenters.